The second kappa shape index (κ2) is 3.44. The molecule has 0 heterocycles. The van der Waals surface area contributed by atoms with Gasteiger partial charge in [0.05, 0.1) is 0 Å². The number of rotatable bonds is 1. The normalized spacial score (nSPS) is 36.1. The molecule has 3 nitrogen and oxygen atoms in total. The van der Waals surface area contributed by atoms with Gasteiger partial charge in [0.15, 0.2) is 5.72 Å². The SMILES string of the molecule is CC(=O)O[C@@]1(N)CCCC[C@@H]1C. The second-order valence-electron chi connectivity index (χ2n) is 3.70. The van der Waals surface area contributed by atoms with Crippen LogP contribution in [0.1, 0.15) is 39.5 Å². The minimum atomic E-state index is -0.690. The van der Waals surface area contributed by atoms with Crippen molar-refractivity contribution in [1.82, 2.24) is 0 Å². The molecule has 0 spiro atoms. The van der Waals surface area contributed by atoms with Crippen molar-refractivity contribution >= 4 is 5.97 Å². The zero-order valence-electron chi connectivity index (χ0n) is 7.80. The number of esters is 1. The molecule has 70 valence electrons. The first kappa shape index (κ1) is 9.52. The number of carbonyl (C=O) groups is 1. The van der Waals surface area contributed by atoms with Gasteiger partial charge < -0.3 is 4.74 Å². The summed E-state index contributed by atoms with van der Waals surface area (Å²) in [7, 11) is 0. The van der Waals surface area contributed by atoms with Crippen LogP contribution in [0.2, 0.25) is 0 Å². The van der Waals surface area contributed by atoms with Crippen molar-refractivity contribution in [2.75, 3.05) is 0 Å². The Morgan fingerprint density at radius 3 is 2.75 bits per heavy atom. The number of carbonyl (C=O) groups excluding carboxylic acids is 1. The summed E-state index contributed by atoms with van der Waals surface area (Å²) >= 11 is 0. The third kappa shape index (κ3) is 1.97. The van der Waals surface area contributed by atoms with Crippen molar-refractivity contribution in [3.8, 4) is 0 Å². The van der Waals surface area contributed by atoms with Crippen LogP contribution < -0.4 is 5.73 Å². The first-order valence-corrected chi connectivity index (χ1v) is 4.53. The lowest BCUT2D eigenvalue weighted by atomic mass is 9.83. The maximum atomic E-state index is 10.8. The van der Waals surface area contributed by atoms with E-state index in [0.717, 1.165) is 19.3 Å². The molecule has 0 saturated heterocycles. The van der Waals surface area contributed by atoms with E-state index >= 15 is 0 Å². The zero-order chi connectivity index (χ0) is 9.19. The van der Waals surface area contributed by atoms with Gasteiger partial charge in [0.1, 0.15) is 0 Å². The topological polar surface area (TPSA) is 52.3 Å². The van der Waals surface area contributed by atoms with Crippen LogP contribution in [-0.2, 0) is 9.53 Å². The first-order chi connectivity index (χ1) is 5.54. The molecule has 1 fully saturated rings. The van der Waals surface area contributed by atoms with Gasteiger partial charge in [0.25, 0.3) is 0 Å². The van der Waals surface area contributed by atoms with Crippen LogP contribution in [0.3, 0.4) is 0 Å². The molecule has 0 aromatic heterocycles. The van der Waals surface area contributed by atoms with E-state index in [0.29, 0.717) is 0 Å². The minimum absolute atomic E-state index is 0.272. The molecule has 0 radical (unpaired) electrons. The van der Waals surface area contributed by atoms with Gasteiger partial charge in [-0.05, 0) is 12.8 Å². The molecule has 1 aliphatic rings. The molecular formula is C9H17NO2. The summed E-state index contributed by atoms with van der Waals surface area (Å²) < 4.78 is 5.13. The maximum Gasteiger partial charge on any atom is 0.304 e. The van der Waals surface area contributed by atoms with E-state index in [1.165, 1.54) is 13.3 Å². The largest absolute Gasteiger partial charge is 0.444 e. The molecule has 1 aliphatic carbocycles. The molecular weight excluding hydrogens is 154 g/mol. The minimum Gasteiger partial charge on any atom is -0.444 e. The first-order valence-electron chi connectivity index (χ1n) is 4.53. The van der Waals surface area contributed by atoms with Crippen molar-refractivity contribution in [2.24, 2.45) is 11.7 Å². The van der Waals surface area contributed by atoms with Crippen LogP contribution in [0.15, 0.2) is 0 Å². The van der Waals surface area contributed by atoms with E-state index in [2.05, 4.69) is 0 Å². The van der Waals surface area contributed by atoms with Crippen molar-refractivity contribution in [3.63, 3.8) is 0 Å². The summed E-state index contributed by atoms with van der Waals surface area (Å²) in [5, 5.41) is 0. The van der Waals surface area contributed by atoms with Gasteiger partial charge in [-0.25, -0.2) is 0 Å². The Balaban J connectivity index is 2.59. The summed E-state index contributed by atoms with van der Waals surface area (Å²) in [6.45, 7) is 3.46. The Kier molecular flexibility index (Phi) is 2.73. The zero-order valence-corrected chi connectivity index (χ0v) is 7.80. The highest BCUT2D eigenvalue weighted by atomic mass is 16.6. The van der Waals surface area contributed by atoms with Gasteiger partial charge in [0.2, 0.25) is 0 Å². The Labute approximate surface area is 73.3 Å². The molecule has 0 aliphatic heterocycles. The van der Waals surface area contributed by atoms with Gasteiger partial charge >= 0.3 is 5.97 Å². The lowest BCUT2D eigenvalue weighted by Gasteiger charge is -2.38. The molecule has 2 N–H and O–H groups in total. The Hall–Kier alpha value is -0.570. The van der Waals surface area contributed by atoms with Crippen molar-refractivity contribution < 1.29 is 9.53 Å². The molecule has 0 bridgehead atoms. The highest BCUT2D eigenvalue weighted by Gasteiger charge is 2.37. The van der Waals surface area contributed by atoms with E-state index in [-0.39, 0.29) is 11.9 Å². The summed E-state index contributed by atoms with van der Waals surface area (Å²) in [5.41, 5.74) is 5.27. The lowest BCUT2D eigenvalue weighted by molar-refractivity contribution is -0.166. The van der Waals surface area contributed by atoms with Gasteiger partial charge in [-0.2, -0.15) is 0 Å². The summed E-state index contributed by atoms with van der Waals surface area (Å²) in [5.74, 6) is 0.0152. The van der Waals surface area contributed by atoms with Crippen molar-refractivity contribution in [2.45, 2.75) is 45.3 Å². The number of nitrogens with two attached hydrogens (primary N) is 1. The molecule has 0 aromatic carbocycles. The fourth-order valence-electron chi connectivity index (χ4n) is 1.76. The van der Waals surface area contributed by atoms with E-state index in [1.807, 2.05) is 6.92 Å². The molecule has 2 atom stereocenters. The third-order valence-corrected chi connectivity index (χ3v) is 2.62. The van der Waals surface area contributed by atoms with E-state index < -0.39 is 5.72 Å². The van der Waals surface area contributed by atoms with Crippen LogP contribution in [-0.4, -0.2) is 11.7 Å². The standard InChI is InChI=1S/C9H17NO2/c1-7-5-3-4-6-9(7,10)12-8(2)11/h7H,3-6,10H2,1-2H3/t7-,9-/m0/s1. The molecule has 1 rings (SSSR count). The lowest BCUT2D eigenvalue weighted by Crippen LogP contribution is -2.51. The van der Waals surface area contributed by atoms with E-state index in [1.54, 1.807) is 0 Å². The highest BCUT2D eigenvalue weighted by Crippen LogP contribution is 2.32. The van der Waals surface area contributed by atoms with Crippen LogP contribution in [0.5, 0.6) is 0 Å². The predicted molar refractivity (Wildman–Crippen MR) is 46.3 cm³/mol. The fourth-order valence-corrected chi connectivity index (χ4v) is 1.76. The number of ether oxygens (including phenoxy) is 1. The van der Waals surface area contributed by atoms with Crippen LogP contribution in [0.4, 0.5) is 0 Å². The van der Waals surface area contributed by atoms with E-state index in [9.17, 15) is 4.79 Å². The summed E-state index contributed by atoms with van der Waals surface area (Å²) in [6.07, 6.45) is 4.12. The average Bonchev–Trinajstić information content (AvgIpc) is 1.94. The van der Waals surface area contributed by atoms with Gasteiger partial charge in [-0.3, -0.25) is 10.5 Å². The predicted octanol–water partition coefficient (Wildman–Crippen LogP) is 1.41. The third-order valence-electron chi connectivity index (χ3n) is 2.62. The maximum absolute atomic E-state index is 10.8. The molecule has 0 amide bonds. The molecule has 3 heteroatoms. The Morgan fingerprint density at radius 1 is 1.58 bits per heavy atom. The second-order valence-corrected chi connectivity index (χ2v) is 3.70. The number of hydrogen-bond acceptors (Lipinski definition) is 3. The van der Waals surface area contributed by atoms with Crippen molar-refractivity contribution in [3.05, 3.63) is 0 Å². The Bertz CT molecular complexity index is 181. The van der Waals surface area contributed by atoms with Crippen molar-refractivity contribution in [1.29, 1.82) is 0 Å². The summed E-state index contributed by atoms with van der Waals surface area (Å²) in [6, 6.07) is 0. The molecule has 0 unspecified atom stereocenters. The quantitative estimate of drug-likeness (QED) is 0.479. The van der Waals surface area contributed by atoms with Gasteiger partial charge in [0, 0.05) is 19.3 Å². The fraction of sp³-hybridized carbons (Fsp3) is 0.889. The van der Waals surface area contributed by atoms with Gasteiger partial charge in [-0.1, -0.05) is 13.3 Å². The molecule has 0 aromatic rings. The Morgan fingerprint density at radius 2 is 2.25 bits per heavy atom. The van der Waals surface area contributed by atoms with Crippen LogP contribution in [0.25, 0.3) is 0 Å². The molecule has 1 saturated carbocycles. The average molecular weight is 171 g/mol. The monoisotopic (exact) mass is 171 g/mol. The highest BCUT2D eigenvalue weighted by molar-refractivity contribution is 5.66. The molecule has 12 heavy (non-hydrogen) atoms. The van der Waals surface area contributed by atoms with Crippen LogP contribution in [0, 0.1) is 5.92 Å². The smallest absolute Gasteiger partial charge is 0.304 e. The van der Waals surface area contributed by atoms with E-state index in [4.69, 9.17) is 10.5 Å². The van der Waals surface area contributed by atoms with Gasteiger partial charge in [-0.15, -0.1) is 0 Å². The number of hydrogen-bond donors (Lipinski definition) is 1. The summed E-state index contributed by atoms with van der Waals surface area (Å²) in [4.78, 5) is 10.8. The van der Waals surface area contributed by atoms with Crippen LogP contribution >= 0.6 is 0 Å².